The molecule has 6 nitrogen and oxygen atoms in total. The van der Waals surface area contributed by atoms with Crippen LogP contribution in [0.1, 0.15) is 25.7 Å². The Bertz CT molecular complexity index is 337. The van der Waals surface area contributed by atoms with Gasteiger partial charge in [0, 0.05) is 19.6 Å². The minimum Gasteiger partial charge on any atom is -0.481 e. The number of aliphatic carboxylic acids is 1. The van der Waals surface area contributed by atoms with Gasteiger partial charge in [0.2, 0.25) is 0 Å². The molecule has 0 saturated heterocycles. The largest absolute Gasteiger partial charge is 0.481 e. The second-order valence-corrected chi connectivity index (χ2v) is 4.32. The van der Waals surface area contributed by atoms with E-state index in [9.17, 15) is 9.59 Å². The lowest BCUT2D eigenvalue weighted by molar-refractivity contribution is -0.141. The average Bonchev–Trinajstić information content (AvgIpc) is 2.74. The monoisotopic (exact) mass is 239 g/mol. The zero-order valence-electron chi connectivity index (χ0n) is 9.85. The molecule has 6 heteroatoms. The third kappa shape index (κ3) is 3.94. The third-order valence-corrected chi connectivity index (χ3v) is 3.02. The highest BCUT2D eigenvalue weighted by Crippen LogP contribution is 2.25. The molecule has 0 aromatic heterocycles. The summed E-state index contributed by atoms with van der Waals surface area (Å²) in [7, 11) is 1.62. The topological polar surface area (TPSA) is 93.4 Å². The third-order valence-electron chi connectivity index (χ3n) is 3.02. The number of hydrogen-bond donors (Lipinski definition) is 2. The van der Waals surface area contributed by atoms with Gasteiger partial charge in [-0.05, 0) is 19.3 Å². The van der Waals surface area contributed by atoms with Crippen molar-refractivity contribution in [1.82, 2.24) is 10.2 Å². The number of amides is 2. The van der Waals surface area contributed by atoms with Gasteiger partial charge in [0.15, 0.2) is 0 Å². The lowest BCUT2D eigenvalue weighted by atomic mass is 10.1. The molecule has 17 heavy (non-hydrogen) atoms. The lowest BCUT2D eigenvalue weighted by Gasteiger charge is -2.19. The Morgan fingerprint density at radius 2 is 2.24 bits per heavy atom. The van der Waals surface area contributed by atoms with Gasteiger partial charge in [0.1, 0.15) is 0 Å². The van der Waals surface area contributed by atoms with Gasteiger partial charge in [-0.1, -0.05) is 0 Å². The highest BCUT2D eigenvalue weighted by Gasteiger charge is 2.30. The van der Waals surface area contributed by atoms with Gasteiger partial charge in [-0.15, -0.1) is 0 Å². The van der Waals surface area contributed by atoms with Gasteiger partial charge in [-0.2, -0.15) is 5.26 Å². The SMILES string of the molecule is CN(CCC#N)C(=O)NC1CCC(C(=O)O)C1. The van der Waals surface area contributed by atoms with Crippen LogP contribution in [0.25, 0.3) is 0 Å². The van der Waals surface area contributed by atoms with E-state index in [1.165, 1.54) is 4.90 Å². The molecule has 2 amide bonds. The molecule has 1 saturated carbocycles. The molecule has 0 aromatic carbocycles. The Morgan fingerprint density at radius 1 is 1.53 bits per heavy atom. The first-order valence-corrected chi connectivity index (χ1v) is 5.66. The van der Waals surface area contributed by atoms with Crippen LogP contribution in [0.4, 0.5) is 4.79 Å². The summed E-state index contributed by atoms with van der Waals surface area (Å²) in [5, 5.41) is 20.0. The first kappa shape index (κ1) is 13.3. The highest BCUT2D eigenvalue weighted by molar-refractivity contribution is 5.75. The summed E-state index contributed by atoms with van der Waals surface area (Å²) in [6, 6.07) is 1.67. The van der Waals surface area contributed by atoms with Gasteiger partial charge in [-0.25, -0.2) is 4.79 Å². The van der Waals surface area contributed by atoms with Crippen LogP contribution in [0, 0.1) is 17.2 Å². The summed E-state index contributed by atoms with van der Waals surface area (Å²) >= 11 is 0. The number of carboxylic acid groups (broad SMARTS) is 1. The number of carbonyl (C=O) groups is 2. The molecule has 2 atom stereocenters. The minimum atomic E-state index is -0.792. The Kier molecular flexibility index (Phi) is 4.76. The second kappa shape index (κ2) is 6.09. The molecule has 1 aliphatic rings. The van der Waals surface area contributed by atoms with E-state index < -0.39 is 5.97 Å². The van der Waals surface area contributed by atoms with Gasteiger partial charge in [0.25, 0.3) is 0 Å². The van der Waals surface area contributed by atoms with Crippen molar-refractivity contribution in [2.24, 2.45) is 5.92 Å². The summed E-state index contributed by atoms with van der Waals surface area (Å²) in [5.41, 5.74) is 0. The average molecular weight is 239 g/mol. The summed E-state index contributed by atoms with van der Waals surface area (Å²) in [6.45, 7) is 0.386. The number of rotatable bonds is 4. The van der Waals surface area contributed by atoms with Crippen LogP contribution >= 0.6 is 0 Å². The Hall–Kier alpha value is -1.77. The molecule has 2 N–H and O–H groups in total. The van der Waals surface area contributed by atoms with Crippen molar-refractivity contribution in [2.45, 2.75) is 31.7 Å². The zero-order chi connectivity index (χ0) is 12.8. The number of carboxylic acids is 1. The predicted molar refractivity (Wildman–Crippen MR) is 60.2 cm³/mol. The highest BCUT2D eigenvalue weighted by atomic mass is 16.4. The Balaban J connectivity index is 2.33. The fourth-order valence-corrected chi connectivity index (χ4v) is 1.94. The number of nitrogens with zero attached hydrogens (tertiary/aromatic N) is 2. The summed E-state index contributed by atoms with van der Waals surface area (Å²) in [5.74, 6) is -1.13. The first-order valence-electron chi connectivity index (χ1n) is 5.66. The molecular formula is C11H17N3O3. The molecule has 0 aliphatic heterocycles. The zero-order valence-corrected chi connectivity index (χ0v) is 9.85. The van der Waals surface area contributed by atoms with E-state index in [0.29, 0.717) is 32.2 Å². The molecule has 0 heterocycles. The van der Waals surface area contributed by atoms with Crippen molar-refractivity contribution < 1.29 is 14.7 Å². The van der Waals surface area contributed by atoms with Gasteiger partial charge in [0.05, 0.1) is 18.4 Å². The number of nitrogens with one attached hydrogen (secondary N) is 1. The van der Waals surface area contributed by atoms with Crippen LogP contribution in [-0.2, 0) is 4.79 Å². The van der Waals surface area contributed by atoms with E-state index in [1.807, 2.05) is 6.07 Å². The fourth-order valence-electron chi connectivity index (χ4n) is 1.94. The molecule has 0 radical (unpaired) electrons. The molecule has 1 fully saturated rings. The van der Waals surface area contributed by atoms with E-state index in [4.69, 9.17) is 10.4 Å². The van der Waals surface area contributed by atoms with Crippen LogP contribution in [0.15, 0.2) is 0 Å². The summed E-state index contributed by atoms with van der Waals surface area (Å²) in [4.78, 5) is 23.8. The molecule has 1 rings (SSSR count). The van der Waals surface area contributed by atoms with E-state index in [2.05, 4.69) is 5.32 Å². The minimum absolute atomic E-state index is 0.0619. The van der Waals surface area contributed by atoms with E-state index in [-0.39, 0.29) is 18.0 Å². The predicted octanol–water partition coefficient (Wildman–Crippen LogP) is 0.795. The summed E-state index contributed by atoms with van der Waals surface area (Å²) in [6.07, 6.45) is 2.11. The van der Waals surface area contributed by atoms with Gasteiger partial charge in [-0.3, -0.25) is 4.79 Å². The molecule has 1 aliphatic carbocycles. The van der Waals surface area contributed by atoms with E-state index in [1.54, 1.807) is 7.05 Å². The molecule has 94 valence electrons. The summed E-state index contributed by atoms with van der Waals surface area (Å²) < 4.78 is 0. The normalized spacial score (nSPS) is 22.8. The van der Waals surface area contributed by atoms with Crippen LogP contribution in [0.2, 0.25) is 0 Å². The number of nitriles is 1. The molecule has 2 unspecified atom stereocenters. The number of hydrogen-bond acceptors (Lipinski definition) is 3. The van der Waals surface area contributed by atoms with Crippen LogP contribution in [0.3, 0.4) is 0 Å². The smallest absolute Gasteiger partial charge is 0.317 e. The maximum Gasteiger partial charge on any atom is 0.317 e. The van der Waals surface area contributed by atoms with E-state index >= 15 is 0 Å². The lowest BCUT2D eigenvalue weighted by Crippen LogP contribution is -2.42. The van der Waals surface area contributed by atoms with E-state index in [0.717, 1.165) is 0 Å². The second-order valence-electron chi connectivity index (χ2n) is 4.32. The Labute approximate surface area is 100 Å². The quantitative estimate of drug-likeness (QED) is 0.758. The van der Waals surface area contributed by atoms with Crippen LogP contribution < -0.4 is 5.32 Å². The van der Waals surface area contributed by atoms with Crippen molar-refractivity contribution in [2.75, 3.05) is 13.6 Å². The van der Waals surface area contributed by atoms with Crippen LogP contribution in [-0.4, -0.2) is 41.6 Å². The van der Waals surface area contributed by atoms with Gasteiger partial charge >= 0.3 is 12.0 Å². The van der Waals surface area contributed by atoms with Crippen molar-refractivity contribution in [3.8, 4) is 6.07 Å². The maximum atomic E-state index is 11.6. The fraction of sp³-hybridized carbons (Fsp3) is 0.727. The molecule has 0 bridgehead atoms. The molecule has 0 spiro atoms. The van der Waals surface area contributed by atoms with Crippen molar-refractivity contribution in [3.05, 3.63) is 0 Å². The van der Waals surface area contributed by atoms with Gasteiger partial charge < -0.3 is 15.3 Å². The van der Waals surface area contributed by atoms with Crippen molar-refractivity contribution >= 4 is 12.0 Å². The standard InChI is InChI=1S/C11H17N3O3/c1-14(6-2-5-12)11(17)13-9-4-3-8(7-9)10(15)16/h8-9H,2-4,6-7H2,1H3,(H,13,17)(H,15,16). The Morgan fingerprint density at radius 3 is 2.76 bits per heavy atom. The van der Waals surface area contributed by atoms with Crippen molar-refractivity contribution in [1.29, 1.82) is 5.26 Å². The molecular weight excluding hydrogens is 222 g/mol. The number of carbonyl (C=O) groups excluding carboxylic acids is 1. The van der Waals surface area contributed by atoms with Crippen LogP contribution in [0.5, 0.6) is 0 Å². The van der Waals surface area contributed by atoms with Crippen molar-refractivity contribution in [3.63, 3.8) is 0 Å². The number of urea groups is 1. The first-order chi connectivity index (χ1) is 8.04. The maximum absolute atomic E-state index is 11.6. The molecule has 0 aromatic rings.